The summed E-state index contributed by atoms with van der Waals surface area (Å²) in [6.45, 7) is 0.525. The van der Waals surface area contributed by atoms with Gasteiger partial charge in [-0.1, -0.05) is 24.3 Å². The molecule has 0 aliphatic carbocycles. The van der Waals surface area contributed by atoms with Crippen LogP contribution >= 0.6 is 0 Å². The number of para-hydroxylation sites is 1. The van der Waals surface area contributed by atoms with Gasteiger partial charge in [-0.15, -0.1) is 0 Å². The third kappa shape index (κ3) is 3.40. The lowest BCUT2D eigenvalue weighted by Crippen LogP contribution is -2.21. The molecule has 28 heavy (non-hydrogen) atoms. The van der Waals surface area contributed by atoms with E-state index in [1.54, 1.807) is 29.0 Å². The highest BCUT2D eigenvalue weighted by Gasteiger charge is 2.12. The Morgan fingerprint density at radius 3 is 2.43 bits per heavy atom. The molecule has 0 bridgehead atoms. The molecule has 2 aromatic carbocycles. The van der Waals surface area contributed by atoms with Crippen molar-refractivity contribution in [3.05, 3.63) is 105 Å². The van der Waals surface area contributed by atoms with Crippen molar-refractivity contribution in [1.29, 1.82) is 0 Å². The minimum Gasteiger partial charge on any atom is -0.308 e. The zero-order chi connectivity index (χ0) is 19.5. The maximum absolute atomic E-state index is 12.9. The van der Waals surface area contributed by atoms with Crippen molar-refractivity contribution in [1.82, 2.24) is 9.55 Å². The second-order valence-corrected chi connectivity index (χ2v) is 6.44. The van der Waals surface area contributed by atoms with Gasteiger partial charge in [0.1, 0.15) is 0 Å². The lowest BCUT2D eigenvalue weighted by atomic mass is 10.0. The molecule has 0 saturated carbocycles. The second kappa shape index (κ2) is 7.44. The first kappa shape index (κ1) is 17.6. The first-order chi connectivity index (χ1) is 13.6. The van der Waals surface area contributed by atoms with Gasteiger partial charge in [0.05, 0.1) is 10.4 Å². The third-order valence-corrected chi connectivity index (χ3v) is 4.73. The largest absolute Gasteiger partial charge is 0.308 e. The predicted octanol–water partition coefficient (Wildman–Crippen LogP) is 4.21. The second-order valence-electron chi connectivity index (χ2n) is 6.44. The van der Waals surface area contributed by atoms with Crippen LogP contribution in [0.3, 0.4) is 0 Å². The maximum atomic E-state index is 12.9. The van der Waals surface area contributed by atoms with Crippen molar-refractivity contribution < 1.29 is 4.92 Å². The highest BCUT2D eigenvalue weighted by atomic mass is 16.6. The van der Waals surface area contributed by atoms with Crippen molar-refractivity contribution in [3.8, 4) is 11.1 Å². The van der Waals surface area contributed by atoms with E-state index < -0.39 is 4.92 Å². The van der Waals surface area contributed by atoms with Crippen LogP contribution in [-0.4, -0.2) is 14.5 Å². The van der Waals surface area contributed by atoms with Crippen molar-refractivity contribution in [2.75, 3.05) is 0 Å². The Bertz CT molecular complexity index is 1200. The van der Waals surface area contributed by atoms with Gasteiger partial charge < -0.3 is 4.57 Å². The summed E-state index contributed by atoms with van der Waals surface area (Å²) >= 11 is 0. The van der Waals surface area contributed by atoms with Crippen molar-refractivity contribution >= 4 is 16.6 Å². The summed E-state index contributed by atoms with van der Waals surface area (Å²) in [5, 5.41) is 11.8. The molecule has 0 fully saturated rings. The molecular weight excluding hydrogens is 354 g/mol. The first-order valence-electron chi connectivity index (χ1n) is 8.91. The first-order valence-corrected chi connectivity index (χ1v) is 8.91. The molecule has 4 rings (SSSR count). The maximum Gasteiger partial charge on any atom is 0.269 e. The molecule has 0 unspecified atom stereocenters. The minimum atomic E-state index is -0.433. The van der Waals surface area contributed by atoms with Crippen LogP contribution in [0.1, 0.15) is 5.69 Å². The molecule has 6 nitrogen and oxygen atoms in total. The summed E-state index contributed by atoms with van der Waals surface area (Å²) in [5.74, 6) is 0. The van der Waals surface area contributed by atoms with Crippen LogP contribution in [-0.2, 0) is 13.0 Å². The molecule has 2 aromatic heterocycles. The quantitative estimate of drug-likeness (QED) is 0.389. The molecule has 0 spiro atoms. The lowest BCUT2D eigenvalue weighted by Gasteiger charge is -2.13. The third-order valence-electron chi connectivity index (χ3n) is 4.73. The van der Waals surface area contributed by atoms with Gasteiger partial charge in [-0.05, 0) is 41.5 Å². The van der Waals surface area contributed by atoms with Gasteiger partial charge in [0.15, 0.2) is 0 Å². The Labute approximate surface area is 160 Å². The van der Waals surface area contributed by atoms with Gasteiger partial charge in [-0.3, -0.25) is 19.9 Å². The number of nitrogens with zero attached hydrogens (tertiary/aromatic N) is 3. The fourth-order valence-corrected chi connectivity index (χ4v) is 3.34. The average molecular weight is 371 g/mol. The zero-order valence-corrected chi connectivity index (χ0v) is 15.0. The van der Waals surface area contributed by atoms with Crippen LogP contribution in [0.15, 0.2) is 83.8 Å². The van der Waals surface area contributed by atoms with E-state index in [9.17, 15) is 14.9 Å². The predicted molar refractivity (Wildman–Crippen MR) is 108 cm³/mol. The monoisotopic (exact) mass is 371 g/mol. The van der Waals surface area contributed by atoms with Crippen LogP contribution in [0.4, 0.5) is 5.69 Å². The zero-order valence-electron chi connectivity index (χ0n) is 15.0. The van der Waals surface area contributed by atoms with Gasteiger partial charge in [0.2, 0.25) is 0 Å². The number of rotatable bonds is 5. The van der Waals surface area contributed by atoms with Crippen LogP contribution in [0.5, 0.6) is 0 Å². The smallest absolute Gasteiger partial charge is 0.269 e. The minimum absolute atomic E-state index is 0.0248. The molecular formula is C22H17N3O3. The summed E-state index contributed by atoms with van der Waals surface area (Å²) in [4.78, 5) is 27.6. The number of benzene rings is 2. The molecule has 6 heteroatoms. The van der Waals surface area contributed by atoms with Crippen molar-refractivity contribution in [2.45, 2.75) is 13.0 Å². The molecule has 0 saturated heterocycles. The molecule has 2 heterocycles. The Balaban J connectivity index is 1.78. The SMILES string of the molecule is O=c1cc(-c2ccc([N+](=O)[O-])cc2)c2ccccc2n1CCc1ccccn1. The number of pyridine rings is 2. The number of nitro groups is 1. The lowest BCUT2D eigenvalue weighted by molar-refractivity contribution is -0.384. The normalized spacial score (nSPS) is 10.9. The Hall–Kier alpha value is -3.80. The number of nitro benzene ring substituents is 1. The van der Waals surface area contributed by atoms with E-state index in [0.717, 1.165) is 27.7 Å². The van der Waals surface area contributed by atoms with Crippen LogP contribution in [0.25, 0.3) is 22.0 Å². The van der Waals surface area contributed by atoms with Gasteiger partial charge in [-0.2, -0.15) is 0 Å². The molecule has 0 radical (unpaired) electrons. The summed E-state index contributed by atoms with van der Waals surface area (Å²) in [5.41, 5.74) is 3.22. The Kier molecular flexibility index (Phi) is 4.68. The fourth-order valence-electron chi connectivity index (χ4n) is 3.34. The molecule has 138 valence electrons. The van der Waals surface area contributed by atoms with E-state index in [4.69, 9.17) is 0 Å². The number of fused-ring (bicyclic) bond motifs is 1. The van der Waals surface area contributed by atoms with Crippen LogP contribution < -0.4 is 5.56 Å². The fraction of sp³-hybridized carbons (Fsp3) is 0.0909. The summed E-state index contributed by atoms with van der Waals surface area (Å²) < 4.78 is 1.75. The highest BCUT2D eigenvalue weighted by Crippen LogP contribution is 2.28. The summed E-state index contributed by atoms with van der Waals surface area (Å²) in [7, 11) is 0. The number of aryl methyl sites for hydroxylation is 2. The van der Waals surface area contributed by atoms with Crippen LogP contribution in [0.2, 0.25) is 0 Å². The average Bonchev–Trinajstić information content (AvgIpc) is 2.73. The van der Waals surface area contributed by atoms with E-state index >= 15 is 0 Å². The number of aromatic nitrogens is 2. The molecule has 0 aliphatic heterocycles. The molecule has 0 atom stereocenters. The van der Waals surface area contributed by atoms with Crippen LogP contribution in [0, 0.1) is 10.1 Å². The van der Waals surface area contributed by atoms with E-state index in [1.165, 1.54) is 12.1 Å². The van der Waals surface area contributed by atoms with Gasteiger partial charge in [0, 0.05) is 48.4 Å². The van der Waals surface area contributed by atoms with E-state index in [-0.39, 0.29) is 11.2 Å². The van der Waals surface area contributed by atoms with Gasteiger partial charge in [-0.25, -0.2) is 0 Å². The van der Waals surface area contributed by atoms with Gasteiger partial charge in [0.25, 0.3) is 11.2 Å². The van der Waals surface area contributed by atoms with E-state index in [2.05, 4.69) is 4.98 Å². The van der Waals surface area contributed by atoms with E-state index in [0.29, 0.717) is 13.0 Å². The molecule has 0 amide bonds. The summed E-state index contributed by atoms with van der Waals surface area (Å²) in [6, 6.07) is 21.3. The molecule has 0 aliphatic rings. The molecule has 4 aromatic rings. The highest BCUT2D eigenvalue weighted by molar-refractivity contribution is 5.94. The van der Waals surface area contributed by atoms with Gasteiger partial charge >= 0.3 is 0 Å². The number of non-ortho nitro benzene ring substituents is 1. The topological polar surface area (TPSA) is 78.0 Å². The number of hydrogen-bond donors (Lipinski definition) is 0. The Morgan fingerprint density at radius 2 is 1.71 bits per heavy atom. The standard InChI is InChI=1S/C22H17N3O3/c26-22-15-20(16-8-10-18(11-9-16)25(27)28)19-6-1-2-7-21(19)24(22)14-12-17-5-3-4-13-23-17/h1-11,13,15H,12,14H2. The van der Waals surface area contributed by atoms with Crippen molar-refractivity contribution in [3.63, 3.8) is 0 Å². The number of hydrogen-bond acceptors (Lipinski definition) is 4. The van der Waals surface area contributed by atoms with Crippen molar-refractivity contribution in [2.24, 2.45) is 0 Å². The Morgan fingerprint density at radius 1 is 0.964 bits per heavy atom. The van der Waals surface area contributed by atoms with E-state index in [1.807, 2.05) is 42.5 Å². The molecule has 0 N–H and O–H groups in total. The summed E-state index contributed by atoms with van der Waals surface area (Å²) in [6.07, 6.45) is 2.40.